The van der Waals surface area contributed by atoms with E-state index in [9.17, 15) is 9.18 Å². The lowest BCUT2D eigenvalue weighted by Gasteiger charge is -2.37. The molecule has 1 atom stereocenters. The van der Waals surface area contributed by atoms with E-state index in [1.165, 1.54) is 19.2 Å². The van der Waals surface area contributed by atoms with Gasteiger partial charge in [-0.05, 0) is 55.0 Å². The largest absolute Gasteiger partial charge is 0.466 e. The maximum absolute atomic E-state index is 13.3. The molecule has 1 unspecified atom stereocenters. The zero-order chi connectivity index (χ0) is 18.8. The van der Waals surface area contributed by atoms with Gasteiger partial charge in [0.1, 0.15) is 5.82 Å². The molecule has 0 saturated carbocycles. The summed E-state index contributed by atoms with van der Waals surface area (Å²) in [5.41, 5.74) is 2.62. The first-order chi connectivity index (χ1) is 12.4. The molecule has 0 saturated heterocycles. The molecular formula is C19H16BrFN2O2S. The molecule has 0 fully saturated rings. The molecule has 134 valence electrons. The summed E-state index contributed by atoms with van der Waals surface area (Å²) >= 11 is 9.00. The lowest BCUT2D eigenvalue weighted by atomic mass is 9.95. The van der Waals surface area contributed by atoms with Gasteiger partial charge in [-0.1, -0.05) is 34.1 Å². The van der Waals surface area contributed by atoms with Gasteiger partial charge in [-0.3, -0.25) is 4.90 Å². The first kappa shape index (κ1) is 18.5. The molecule has 3 rings (SSSR count). The minimum Gasteiger partial charge on any atom is -0.466 e. The summed E-state index contributed by atoms with van der Waals surface area (Å²) in [4.78, 5) is 14.3. The number of anilines is 1. The van der Waals surface area contributed by atoms with Crippen molar-refractivity contribution >= 4 is 44.9 Å². The van der Waals surface area contributed by atoms with Crippen LogP contribution in [-0.2, 0) is 9.53 Å². The number of allylic oxidation sites excluding steroid dienone is 1. The Labute approximate surface area is 164 Å². The number of carbonyl (C=O) groups is 1. The fourth-order valence-electron chi connectivity index (χ4n) is 2.95. The SMILES string of the molecule is COC(=O)C1=C(C)N(c2cccc(Br)c2)C(=S)NC1c1ccc(F)cc1. The zero-order valence-electron chi connectivity index (χ0n) is 14.1. The Kier molecular flexibility index (Phi) is 5.38. The second-order valence-electron chi connectivity index (χ2n) is 5.74. The normalized spacial score (nSPS) is 17.2. The number of nitrogens with one attached hydrogen (secondary N) is 1. The summed E-state index contributed by atoms with van der Waals surface area (Å²) in [5, 5.41) is 3.62. The summed E-state index contributed by atoms with van der Waals surface area (Å²) in [5.74, 6) is -0.810. The number of halogens is 2. The van der Waals surface area contributed by atoms with Crippen LogP contribution in [0.25, 0.3) is 0 Å². The summed E-state index contributed by atoms with van der Waals surface area (Å²) in [6.07, 6.45) is 0. The molecule has 0 bridgehead atoms. The number of nitrogens with zero attached hydrogens (tertiary/aromatic N) is 1. The quantitative estimate of drug-likeness (QED) is 0.569. The average Bonchev–Trinajstić information content (AvgIpc) is 2.61. The summed E-state index contributed by atoms with van der Waals surface area (Å²) in [6, 6.07) is 13.0. The monoisotopic (exact) mass is 434 g/mol. The highest BCUT2D eigenvalue weighted by Crippen LogP contribution is 2.34. The van der Waals surface area contributed by atoms with E-state index in [0.29, 0.717) is 16.4 Å². The van der Waals surface area contributed by atoms with E-state index in [1.807, 2.05) is 31.2 Å². The highest BCUT2D eigenvalue weighted by atomic mass is 79.9. The summed E-state index contributed by atoms with van der Waals surface area (Å²) in [7, 11) is 1.33. The molecule has 4 nitrogen and oxygen atoms in total. The van der Waals surface area contributed by atoms with E-state index in [-0.39, 0.29) is 5.82 Å². The predicted octanol–water partition coefficient (Wildman–Crippen LogP) is 4.47. The van der Waals surface area contributed by atoms with E-state index in [0.717, 1.165) is 15.7 Å². The smallest absolute Gasteiger partial charge is 0.337 e. The zero-order valence-corrected chi connectivity index (χ0v) is 16.5. The lowest BCUT2D eigenvalue weighted by Crippen LogP contribution is -2.48. The third-order valence-electron chi connectivity index (χ3n) is 4.16. The van der Waals surface area contributed by atoms with Gasteiger partial charge in [0.05, 0.1) is 18.7 Å². The van der Waals surface area contributed by atoms with Gasteiger partial charge < -0.3 is 10.1 Å². The van der Waals surface area contributed by atoms with Gasteiger partial charge in [0.15, 0.2) is 5.11 Å². The molecule has 1 heterocycles. The van der Waals surface area contributed by atoms with Crippen LogP contribution in [0.3, 0.4) is 0 Å². The van der Waals surface area contributed by atoms with Crippen molar-refractivity contribution in [1.29, 1.82) is 0 Å². The van der Waals surface area contributed by atoms with Crippen molar-refractivity contribution in [1.82, 2.24) is 5.32 Å². The Morgan fingerprint density at radius 2 is 1.96 bits per heavy atom. The van der Waals surface area contributed by atoms with Gasteiger partial charge in [0.2, 0.25) is 0 Å². The molecule has 7 heteroatoms. The van der Waals surface area contributed by atoms with Crippen LogP contribution in [0.5, 0.6) is 0 Å². The lowest BCUT2D eigenvalue weighted by molar-refractivity contribution is -0.136. The molecule has 2 aromatic carbocycles. The Morgan fingerprint density at radius 3 is 2.58 bits per heavy atom. The van der Waals surface area contributed by atoms with Crippen molar-refractivity contribution in [2.24, 2.45) is 0 Å². The van der Waals surface area contributed by atoms with E-state index in [4.69, 9.17) is 17.0 Å². The Morgan fingerprint density at radius 1 is 1.27 bits per heavy atom. The number of carbonyl (C=O) groups excluding carboxylic acids is 1. The third kappa shape index (κ3) is 3.50. The van der Waals surface area contributed by atoms with E-state index in [1.54, 1.807) is 17.0 Å². The molecule has 26 heavy (non-hydrogen) atoms. The third-order valence-corrected chi connectivity index (χ3v) is 4.95. The second kappa shape index (κ2) is 7.55. The maximum Gasteiger partial charge on any atom is 0.337 e. The van der Waals surface area contributed by atoms with Gasteiger partial charge in [0, 0.05) is 15.9 Å². The van der Waals surface area contributed by atoms with Crippen LogP contribution in [-0.4, -0.2) is 18.2 Å². The van der Waals surface area contributed by atoms with Crippen LogP contribution in [0.15, 0.2) is 64.3 Å². The molecule has 0 aliphatic carbocycles. The fraction of sp³-hybridized carbons (Fsp3) is 0.158. The van der Waals surface area contributed by atoms with Crippen molar-refractivity contribution in [2.45, 2.75) is 13.0 Å². The second-order valence-corrected chi connectivity index (χ2v) is 7.04. The number of hydrogen-bond acceptors (Lipinski definition) is 3. The van der Waals surface area contributed by atoms with E-state index >= 15 is 0 Å². The first-order valence-corrected chi connectivity index (χ1v) is 9.03. The van der Waals surface area contributed by atoms with Crippen LogP contribution >= 0.6 is 28.1 Å². The van der Waals surface area contributed by atoms with Crippen molar-refractivity contribution in [2.75, 3.05) is 12.0 Å². The molecule has 1 aliphatic heterocycles. The fourth-order valence-corrected chi connectivity index (χ4v) is 3.70. The van der Waals surface area contributed by atoms with E-state index < -0.39 is 12.0 Å². The number of methoxy groups -OCH3 is 1. The molecule has 1 N–H and O–H groups in total. The number of ether oxygens (including phenoxy) is 1. The Bertz CT molecular complexity index is 899. The van der Waals surface area contributed by atoms with Gasteiger partial charge in [0.25, 0.3) is 0 Å². The molecule has 0 amide bonds. The molecule has 0 radical (unpaired) electrons. The van der Waals surface area contributed by atoms with Gasteiger partial charge in [-0.15, -0.1) is 0 Å². The molecule has 0 aromatic heterocycles. The molecular weight excluding hydrogens is 419 g/mol. The van der Waals surface area contributed by atoms with Crippen molar-refractivity contribution < 1.29 is 13.9 Å². The average molecular weight is 435 g/mol. The van der Waals surface area contributed by atoms with Crippen LogP contribution in [0, 0.1) is 5.82 Å². The first-order valence-electron chi connectivity index (χ1n) is 7.83. The molecule has 0 spiro atoms. The predicted molar refractivity (Wildman–Crippen MR) is 106 cm³/mol. The minimum absolute atomic E-state index is 0.344. The highest BCUT2D eigenvalue weighted by Gasteiger charge is 2.35. The molecule has 2 aromatic rings. The van der Waals surface area contributed by atoms with Gasteiger partial charge >= 0.3 is 5.97 Å². The minimum atomic E-state index is -0.515. The van der Waals surface area contributed by atoms with E-state index in [2.05, 4.69) is 21.2 Å². The van der Waals surface area contributed by atoms with Crippen LogP contribution in [0.1, 0.15) is 18.5 Å². The number of hydrogen-bond donors (Lipinski definition) is 1. The summed E-state index contributed by atoms with van der Waals surface area (Å²) < 4.78 is 19.2. The van der Waals surface area contributed by atoms with Crippen LogP contribution < -0.4 is 10.2 Å². The van der Waals surface area contributed by atoms with Crippen LogP contribution in [0.4, 0.5) is 10.1 Å². The molecule has 1 aliphatic rings. The number of thiocarbonyl (C=S) groups is 1. The summed E-state index contributed by atoms with van der Waals surface area (Å²) in [6.45, 7) is 1.82. The Balaban J connectivity index is 2.13. The van der Waals surface area contributed by atoms with Gasteiger partial charge in [-0.2, -0.15) is 0 Å². The standard InChI is InChI=1S/C19H16BrFN2O2S/c1-11-16(18(24)25-2)17(12-6-8-14(21)9-7-12)22-19(26)23(11)15-5-3-4-13(20)10-15/h3-10,17H,1-2H3,(H,22,26). The number of rotatable bonds is 3. The van der Waals surface area contributed by atoms with Crippen LogP contribution in [0.2, 0.25) is 0 Å². The van der Waals surface area contributed by atoms with Crippen molar-refractivity contribution in [3.63, 3.8) is 0 Å². The van der Waals surface area contributed by atoms with Gasteiger partial charge in [-0.25, -0.2) is 9.18 Å². The highest BCUT2D eigenvalue weighted by molar-refractivity contribution is 9.10. The Hall–Kier alpha value is -2.25. The van der Waals surface area contributed by atoms with Crippen molar-refractivity contribution in [3.8, 4) is 0 Å². The topological polar surface area (TPSA) is 41.6 Å². The maximum atomic E-state index is 13.3. The number of benzene rings is 2. The van der Waals surface area contributed by atoms with Crippen molar-refractivity contribution in [3.05, 3.63) is 75.7 Å². The number of esters is 1.